The Kier molecular flexibility index (Phi) is 4.12. The van der Waals surface area contributed by atoms with Crippen molar-refractivity contribution < 1.29 is 16.8 Å². The van der Waals surface area contributed by atoms with Gasteiger partial charge in [-0.05, 0) is 25.3 Å². The summed E-state index contributed by atoms with van der Waals surface area (Å²) in [5, 5.41) is 4.94. The number of hydrogen-bond acceptors (Lipinski definition) is 6. The zero-order chi connectivity index (χ0) is 15.1. The first-order chi connectivity index (χ1) is 9.84. The van der Waals surface area contributed by atoms with Gasteiger partial charge < -0.3 is 5.32 Å². The molecule has 1 aromatic heterocycles. The van der Waals surface area contributed by atoms with Crippen LogP contribution in [-0.2, 0) is 26.4 Å². The molecule has 1 aromatic rings. The summed E-state index contributed by atoms with van der Waals surface area (Å²) in [5.41, 5.74) is 0. The Bertz CT molecular complexity index is 719. The molecule has 1 aliphatic carbocycles. The van der Waals surface area contributed by atoms with Gasteiger partial charge in [-0.1, -0.05) is 0 Å². The summed E-state index contributed by atoms with van der Waals surface area (Å²) in [6.07, 6.45) is 2.73. The summed E-state index contributed by atoms with van der Waals surface area (Å²) in [5.74, 6) is -0.0488. The van der Waals surface area contributed by atoms with Gasteiger partial charge in [0.15, 0.2) is 9.84 Å². The van der Waals surface area contributed by atoms with Crippen LogP contribution in [0.25, 0.3) is 0 Å². The molecule has 2 N–H and O–H groups in total. The van der Waals surface area contributed by atoms with Crippen LogP contribution >= 0.6 is 11.3 Å². The molecule has 1 saturated carbocycles. The lowest BCUT2D eigenvalue weighted by molar-refractivity contribution is 0.562. The summed E-state index contributed by atoms with van der Waals surface area (Å²) in [6, 6.07) is 1.73. The summed E-state index contributed by atoms with van der Waals surface area (Å²) in [7, 11) is -6.72. The van der Waals surface area contributed by atoms with E-state index in [9.17, 15) is 16.8 Å². The topological polar surface area (TPSA) is 92.3 Å². The van der Waals surface area contributed by atoms with Gasteiger partial charge in [0, 0.05) is 28.9 Å². The van der Waals surface area contributed by atoms with Crippen molar-refractivity contribution >= 4 is 31.2 Å². The maximum Gasteiger partial charge on any atom is 0.241 e. The normalized spacial score (nSPS) is 25.2. The minimum Gasteiger partial charge on any atom is -0.309 e. The largest absolute Gasteiger partial charge is 0.309 e. The van der Waals surface area contributed by atoms with Gasteiger partial charge in [-0.3, -0.25) is 0 Å². The second kappa shape index (κ2) is 5.62. The van der Waals surface area contributed by atoms with Crippen LogP contribution in [0.2, 0.25) is 0 Å². The van der Waals surface area contributed by atoms with Gasteiger partial charge in [0.05, 0.1) is 16.4 Å². The molecule has 21 heavy (non-hydrogen) atoms. The lowest BCUT2D eigenvalue weighted by Crippen LogP contribution is -2.35. The number of nitrogens with one attached hydrogen (secondary N) is 2. The predicted octanol–water partition coefficient (Wildman–Crippen LogP) is 0.465. The third kappa shape index (κ3) is 4.04. The zero-order valence-corrected chi connectivity index (χ0v) is 13.9. The van der Waals surface area contributed by atoms with Crippen LogP contribution in [0.4, 0.5) is 0 Å². The Morgan fingerprint density at radius 2 is 2.00 bits per heavy atom. The second-order valence-electron chi connectivity index (χ2n) is 5.63. The van der Waals surface area contributed by atoms with Gasteiger partial charge in [0.2, 0.25) is 10.0 Å². The van der Waals surface area contributed by atoms with Crippen LogP contribution in [0.5, 0.6) is 0 Å². The zero-order valence-electron chi connectivity index (χ0n) is 11.4. The van der Waals surface area contributed by atoms with Crippen LogP contribution in [0.1, 0.15) is 24.1 Å². The van der Waals surface area contributed by atoms with Crippen molar-refractivity contribution in [3.8, 4) is 0 Å². The molecule has 1 saturated heterocycles. The maximum atomic E-state index is 12.2. The van der Waals surface area contributed by atoms with Crippen LogP contribution < -0.4 is 10.0 Å². The number of sulfonamides is 1. The highest BCUT2D eigenvalue weighted by Crippen LogP contribution is 2.23. The lowest BCUT2D eigenvalue weighted by atomic mass is 10.3. The second-order valence-corrected chi connectivity index (χ2v) is 10.6. The first-order valence-electron chi connectivity index (χ1n) is 6.88. The third-order valence-corrected chi connectivity index (χ3v) is 7.99. The van der Waals surface area contributed by atoms with E-state index in [1.165, 1.54) is 24.2 Å². The standard InChI is InChI=1S/C12H18N2O4S3/c15-20(16)4-3-10(8-20)14-21(17,18)12-5-11(19-7-12)6-13-9-1-2-9/h5,7,9-10,13-14H,1-4,6,8H2. The Morgan fingerprint density at radius 1 is 1.24 bits per heavy atom. The molecule has 0 radical (unpaired) electrons. The Labute approximate surface area is 128 Å². The minimum atomic E-state index is -3.63. The smallest absolute Gasteiger partial charge is 0.241 e. The molecule has 2 fully saturated rings. The lowest BCUT2D eigenvalue weighted by Gasteiger charge is -2.10. The first kappa shape index (κ1) is 15.4. The van der Waals surface area contributed by atoms with Crippen molar-refractivity contribution in [1.82, 2.24) is 10.0 Å². The third-order valence-electron chi connectivity index (χ3n) is 3.64. The fourth-order valence-electron chi connectivity index (χ4n) is 2.30. The van der Waals surface area contributed by atoms with E-state index >= 15 is 0 Å². The van der Waals surface area contributed by atoms with Gasteiger partial charge >= 0.3 is 0 Å². The van der Waals surface area contributed by atoms with E-state index in [-0.39, 0.29) is 16.4 Å². The van der Waals surface area contributed by atoms with Gasteiger partial charge in [0.25, 0.3) is 0 Å². The number of sulfone groups is 1. The SMILES string of the molecule is O=S1(=O)CCC(NS(=O)(=O)c2csc(CNC3CC3)c2)C1. The summed E-state index contributed by atoms with van der Waals surface area (Å²) in [4.78, 5) is 1.20. The van der Waals surface area contributed by atoms with E-state index < -0.39 is 25.9 Å². The maximum absolute atomic E-state index is 12.2. The molecule has 1 atom stereocenters. The molecular weight excluding hydrogens is 332 g/mol. The number of rotatable bonds is 6. The van der Waals surface area contributed by atoms with Crippen LogP contribution in [0.3, 0.4) is 0 Å². The fourth-order valence-corrected chi connectivity index (χ4v) is 6.58. The van der Waals surface area contributed by atoms with Crippen LogP contribution in [-0.4, -0.2) is 40.4 Å². The van der Waals surface area contributed by atoms with Crippen molar-refractivity contribution in [2.75, 3.05) is 11.5 Å². The molecule has 3 rings (SSSR count). The molecule has 0 aromatic carbocycles. The number of thiophene rings is 1. The van der Waals surface area contributed by atoms with Gasteiger partial charge in [-0.25, -0.2) is 21.6 Å². The molecule has 0 amide bonds. The molecule has 0 bridgehead atoms. The van der Waals surface area contributed by atoms with E-state index in [2.05, 4.69) is 10.0 Å². The highest BCUT2D eigenvalue weighted by Gasteiger charge is 2.31. The van der Waals surface area contributed by atoms with Gasteiger partial charge in [-0.15, -0.1) is 11.3 Å². The highest BCUT2D eigenvalue weighted by molar-refractivity contribution is 7.92. The van der Waals surface area contributed by atoms with E-state index in [0.717, 1.165) is 4.88 Å². The average molecular weight is 350 g/mol. The molecule has 2 heterocycles. The fraction of sp³-hybridized carbons (Fsp3) is 0.667. The van der Waals surface area contributed by atoms with Crippen LogP contribution in [0, 0.1) is 0 Å². The molecule has 0 spiro atoms. The van der Waals surface area contributed by atoms with Gasteiger partial charge in [0.1, 0.15) is 0 Å². The van der Waals surface area contributed by atoms with Crippen molar-refractivity contribution in [3.63, 3.8) is 0 Å². The Balaban J connectivity index is 1.64. The molecule has 118 valence electrons. The van der Waals surface area contributed by atoms with Crippen molar-refractivity contribution in [3.05, 3.63) is 16.3 Å². The van der Waals surface area contributed by atoms with Gasteiger partial charge in [-0.2, -0.15) is 0 Å². The summed E-state index contributed by atoms with van der Waals surface area (Å²) < 4.78 is 49.7. The number of hydrogen-bond donors (Lipinski definition) is 2. The predicted molar refractivity (Wildman–Crippen MR) is 81.6 cm³/mol. The molecular formula is C12H18N2O4S3. The Hall–Kier alpha value is -0.480. The van der Waals surface area contributed by atoms with Crippen molar-refractivity contribution in [2.45, 2.75) is 42.8 Å². The first-order valence-corrected chi connectivity index (χ1v) is 11.1. The van der Waals surface area contributed by atoms with Crippen molar-refractivity contribution in [2.24, 2.45) is 0 Å². The molecule has 9 heteroatoms. The minimum absolute atomic E-state index is 0.0559. The van der Waals surface area contributed by atoms with E-state index in [4.69, 9.17) is 0 Å². The highest BCUT2D eigenvalue weighted by atomic mass is 32.2. The summed E-state index contributed by atoms with van der Waals surface area (Å²) >= 11 is 1.40. The van der Waals surface area contributed by atoms with Crippen molar-refractivity contribution in [1.29, 1.82) is 0 Å². The van der Waals surface area contributed by atoms with E-state index in [1.807, 2.05) is 0 Å². The Morgan fingerprint density at radius 3 is 2.62 bits per heavy atom. The molecule has 1 aliphatic heterocycles. The van der Waals surface area contributed by atoms with E-state index in [0.29, 0.717) is 19.0 Å². The monoisotopic (exact) mass is 350 g/mol. The molecule has 1 unspecified atom stereocenters. The summed E-state index contributed by atoms with van der Waals surface area (Å²) in [6.45, 7) is 0.683. The molecule has 6 nitrogen and oxygen atoms in total. The van der Waals surface area contributed by atoms with Crippen LogP contribution in [0.15, 0.2) is 16.3 Å². The molecule has 2 aliphatic rings. The average Bonchev–Trinajstić information content (AvgIpc) is 2.97. The van der Waals surface area contributed by atoms with E-state index in [1.54, 1.807) is 11.4 Å². The quantitative estimate of drug-likeness (QED) is 0.778.